The zero-order valence-electron chi connectivity index (χ0n) is 16.6. The van der Waals surface area contributed by atoms with Gasteiger partial charge in [-0.25, -0.2) is 4.79 Å². The highest BCUT2D eigenvalue weighted by molar-refractivity contribution is 5.92. The number of amides is 5. The number of hydrogen-bond donors (Lipinski definition) is 3. The summed E-state index contributed by atoms with van der Waals surface area (Å²) in [6.07, 6.45) is 2.25. The number of nitrogens with zero attached hydrogens (tertiary/aromatic N) is 2. The fourth-order valence-electron chi connectivity index (χ4n) is 3.01. The van der Waals surface area contributed by atoms with E-state index in [-0.39, 0.29) is 30.8 Å². The standard InChI is InChI=1S/C18H31N5O4/c1-6-8-20-17(27)21-12-7-9-23(14(25)10-18(2,3)4)15(12)16(26)22(5)11-13(19)24/h6,12,15H,1,7-11H2,2-5H3,(H2,19,24)(H2,20,21,27)/t12-,15-/m0/s1. The Morgan fingerprint density at radius 3 is 2.44 bits per heavy atom. The Kier molecular flexibility index (Phi) is 7.81. The number of urea groups is 1. The number of likely N-dealkylation sites (N-methyl/N-ethyl adjacent to an activating group) is 1. The van der Waals surface area contributed by atoms with Crippen LogP contribution in [0.4, 0.5) is 4.79 Å². The van der Waals surface area contributed by atoms with Crippen LogP contribution in [0.15, 0.2) is 12.7 Å². The predicted molar refractivity (Wildman–Crippen MR) is 102 cm³/mol. The molecule has 1 fully saturated rings. The Labute approximate surface area is 160 Å². The van der Waals surface area contributed by atoms with Crippen molar-refractivity contribution in [3.05, 3.63) is 12.7 Å². The number of hydrogen-bond acceptors (Lipinski definition) is 4. The summed E-state index contributed by atoms with van der Waals surface area (Å²) in [6, 6.07) is -1.87. The summed E-state index contributed by atoms with van der Waals surface area (Å²) in [4.78, 5) is 51.5. The van der Waals surface area contributed by atoms with Crippen LogP contribution >= 0.6 is 0 Å². The molecular weight excluding hydrogens is 350 g/mol. The lowest BCUT2D eigenvalue weighted by Gasteiger charge is -2.32. The first kappa shape index (κ1) is 22.5. The Morgan fingerprint density at radius 2 is 1.93 bits per heavy atom. The van der Waals surface area contributed by atoms with E-state index in [9.17, 15) is 19.2 Å². The van der Waals surface area contributed by atoms with E-state index in [4.69, 9.17) is 5.73 Å². The third kappa shape index (κ3) is 6.92. The van der Waals surface area contributed by atoms with Crippen LogP contribution in [0, 0.1) is 5.41 Å². The minimum Gasteiger partial charge on any atom is -0.368 e. The Bertz CT molecular complexity index is 599. The number of nitrogens with two attached hydrogens (primary N) is 1. The third-order valence-corrected chi connectivity index (χ3v) is 4.15. The van der Waals surface area contributed by atoms with E-state index in [0.717, 1.165) is 0 Å². The highest BCUT2D eigenvalue weighted by atomic mass is 16.2. The number of rotatable bonds is 7. The molecule has 2 atom stereocenters. The smallest absolute Gasteiger partial charge is 0.315 e. The molecule has 0 bridgehead atoms. The molecule has 0 radical (unpaired) electrons. The van der Waals surface area contributed by atoms with Crippen molar-refractivity contribution in [3.63, 3.8) is 0 Å². The van der Waals surface area contributed by atoms with E-state index in [1.807, 2.05) is 20.8 Å². The SMILES string of the molecule is C=CCNC(=O)N[C@H]1CCN(C(=O)CC(C)(C)C)[C@@H]1C(=O)N(C)CC(N)=O. The minimum atomic E-state index is -0.876. The van der Waals surface area contributed by atoms with E-state index in [0.29, 0.717) is 13.0 Å². The zero-order chi connectivity index (χ0) is 20.8. The van der Waals surface area contributed by atoms with Crippen molar-refractivity contribution in [3.8, 4) is 0 Å². The van der Waals surface area contributed by atoms with E-state index in [1.165, 1.54) is 22.9 Å². The lowest BCUT2D eigenvalue weighted by Crippen LogP contribution is -2.57. The molecule has 1 aliphatic rings. The molecule has 0 unspecified atom stereocenters. The molecule has 152 valence electrons. The summed E-state index contributed by atoms with van der Waals surface area (Å²) in [5, 5.41) is 5.34. The average molecular weight is 381 g/mol. The van der Waals surface area contributed by atoms with Crippen molar-refractivity contribution in [1.29, 1.82) is 0 Å². The Hall–Kier alpha value is -2.58. The topological polar surface area (TPSA) is 125 Å². The normalized spacial score (nSPS) is 19.3. The molecule has 0 aromatic carbocycles. The van der Waals surface area contributed by atoms with Crippen LogP contribution in [0.3, 0.4) is 0 Å². The van der Waals surface area contributed by atoms with Crippen molar-refractivity contribution in [2.24, 2.45) is 11.1 Å². The van der Waals surface area contributed by atoms with Gasteiger partial charge in [-0.3, -0.25) is 14.4 Å². The molecule has 0 aromatic heterocycles. The summed E-state index contributed by atoms with van der Waals surface area (Å²) in [7, 11) is 1.45. The van der Waals surface area contributed by atoms with Crippen molar-refractivity contribution in [2.45, 2.75) is 45.7 Å². The first-order valence-corrected chi connectivity index (χ1v) is 8.94. The molecule has 1 rings (SSSR count). The Morgan fingerprint density at radius 1 is 1.30 bits per heavy atom. The molecule has 9 heteroatoms. The summed E-state index contributed by atoms with van der Waals surface area (Å²) in [6.45, 7) is 9.72. The van der Waals surface area contributed by atoms with Gasteiger partial charge in [-0.2, -0.15) is 0 Å². The van der Waals surface area contributed by atoms with Crippen molar-refractivity contribution in [2.75, 3.05) is 26.7 Å². The molecule has 27 heavy (non-hydrogen) atoms. The molecule has 9 nitrogen and oxygen atoms in total. The highest BCUT2D eigenvalue weighted by Gasteiger charge is 2.44. The van der Waals surface area contributed by atoms with Gasteiger partial charge in [0, 0.05) is 26.6 Å². The van der Waals surface area contributed by atoms with E-state index in [1.54, 1.807) is 0 Å². The summed E-state index contributed by atoms with van der Waals surface area (Å²) in [5.74, 6) is -1.24. The van der Waals surface area contributed by atoms with Crippen LogP contribution < -0.4 is 16.4 Å². The van der Waals surface area contributed by atoms with Crippen LogP contribution in [0.5, 0.6) is 0 Å². The molecule has 4 N–H and O–H groups in total. The molecule has 0 aliphatic carbocycles. The molecule has 1 heterocycles. The maximum Gasteiger partial charge on any atom is 0.315 e. The number of carbonyl (C=O) groups excluding carboxylic acids is 4. The number of likely N-dealkylation sites (tertiary alicyclic amines) is 1. The summed E-state index contributed by atoms with van der Waals surface area (Å²) < 4.78 is 0. The van der Waals surface area contributed by atoms with E-state index in [2.05, 4.69) is 17.2 Å². The number of nitrogens with one attached hydrogen (secondary N) is 2. The van der Waals surface area contributed by atoms with Crippen molar-refractivity contribution < 1.29 is 19.2 Å². The van der Waals surface area contributed by atoms with Gasteiger partial charge >= 0.3 is 6.03 Å². The summed E-state index contributed by atoms with van der Waals surface area (Å²) in [5.41, 5.74) is 4.94. The second kappa shape index (κ2) is 9.38. The van der Waals surface area contributed by atoms with Crippen molar-refractivity contribution >= 4 is 23.8 Å². The van der Waals surface area contributed by atoms with Gasteiger partial charge in [0.05, 0.1) is 12.6 Å². The predicted octanol–water partition coefficient (Wildman–Crippen LogP) is -0.179. The fraction of sp³-hybridized carbons (Fsp3) is 0.667. The van der Waals surface area contributed by atoms with E-state index < -0.39 is 29.9 Å². The number of carbonyl (C=O) groups is 4. The van der Waals surface area contributed by atoms with Gasteiger partial charge in [-0.15, -0.1) is 6.58 Å². The molecule has 1 saturated heterocycles. The quantitative estimate of drug-likeness (QED) is 0.529. The third-order valence-electron chi connectivity index (χ3n) is 4.15. The maximum atomic E-state index is 12.9. The monoisotopic (exact) mass is 381 g/mol. The van der Waals surface area contributed by atoms with Crippen LogP contribution in [0.2, 0.25) is 0 Å². The average Bonchev–Trinajstić information content (AvgIpc) is 2.93. The molecule has 5 amide bonds. The van der Waals surface area contributed by atoms with Gasteiger partial charge in [0.1, 0.15) is 6.04 Å². The van der Waals surface area contributed by atoms with Gasteiger partial charge in [0.25, 0.3) is 0 Å². The molecule has 0 aromatic rings. The lowest BCUT2D eigenvalue weighted by molar-refractivity contribution is -0.145. The first-order chi connectivity index (χ1) is 12.5. The second-order valence-electron chi connectivity index (χ2n) is 7.97. The fourth-order valence-corrected chi connectivity index (χ4v) is 3.01. The molecule has 0 spiro atoms. The minimum absolute atomic E-state index is 0.163. The largest absolute Gasteiger partial charge is 0.368 e. The van der Waals surface area contributed by atoms with Crippen LogP contribution in [0.25, 0.3) is 0 Å². The highest BCUT2D eigenvalue weighted by Crippen LogP contribution is 2.26. The number of primary amides is 1. The lowest BCUT2D eigenvalue weighted by atomic mass is 9.91. The van der Waals surface area contributed by atoms with Gasteiger partial charge in [-0.1, -0.05) is 26.8 Å². The second-order valence-corrected chi connectivity index (χ2v) is 7.97. The van der Waals surface area contributed by atoms with Gasteiger partial charge in [0.15, 0.2) is 0 Å². The van der Waals surface area contributed by atoms with Gasteiger partial charge in [0.2, 0.25) is 17.7 Å². The van der Waals surface area contributed by atoms with E-state index >= 15 is 0 Å². The first-order valence-electron chi connectivity index (χ1n) is 8.94. The Balaban J connectivity index is 3.00. The van der Waals surface area contributed by atoms with Crippen LogP contribution in [0.1, 0.15) is 33.6 Å². The summed E-state index contributed by atoms with van der Waals surface area (Å²) >= 11 is 0. The van der Waals surface area contributed by atoms with Crippen LogP contribution in [-0.2, 0) is 14.4 Å². The molecule has 0 saturated carbocycles. The molecular formula is C18H31N5O4. The molecule has 1 aliphatic heterocycles. The van der Waals surface area contributed by atoms with Crippen molar-refractivity contribution in [1.82, 2.24) is 20.4 Å². The van der Waals surface area contributed by atoms with Crippen LogP contribution in [-0.4, -0.2) is 72.3 Å². The zero-order valence-corrected chi connectivity index (χ0v) is 16.6. The maximum absolute atomic E-state index is 12.9. The van der Waals surface area contributed by atoms with Gasteiger partial charge in [-0.05, 0) is 11.8 Å². The van der Waals surface area contributed by atoms with Gasteiger partial charge < -0.3 is 26.2 Å².